The fraction of sp³-hybridized carbons (Fsp3) is 0.250. The first-order valence-electron chi connectivity index (χ1n) is 7.48. The molecule has 118 valence electrons. The second-order valence-electron chi connectivity index (χ2n) is 5.11. The fourth-order valence-corrected chi connectivity index (χ4v) is 2.49. The first-order valence-corrected chi connectivity index (χ1v) is 7.48. The van der Waals surface area contributed by atoms with E-state index in [1.54, 1.807) is 23.1 Å². The molecule has 0 saturated carbocycles. The zero-order valence-corrected chi connectivity index (χ0v) is 13.0. The fourth-order valence-electron chi connectivity index (χ4n) is 2.49. The highest BCUT2D eigenvalue weighted by Crippen LogP contribution is 2.20. The molecule has 0 radical (unpaired) electrons. The van der Waals surface area contributed by atoms with E-state index in [2.05, 4.69) is 25.4 Å². The van der Waals surface area contributed by atoms with Crippen LogP contribution in [0.25, 0.3) is 11.4 Å². The van der Waals surface area contributed by atoms with Gasteiger partial charge in [-0.3, -0.25) is 4.79 Å². The molecule has 7 nitrogen and oxygen atoms in total. The summed E-state index contributed by atoms with van der Waals surface area (Å²) < 4.78 is 1.77. The van der Waals surface area contributed by atoms with E-state index in [1.165, 1.54) is 6.33 Å². The first-order chi connectivity index (χ1) is 11.2. The number of imidazole rings is 1. The van der Waals surface area contributed by atoms with Crippen LogP contribution in [0.15, 0.2) is 43.0 Å². The van der Waals surface area contributed by atoms with Gasteiger partial charge in [-0.1, -0.05) is 18.2 Å². The van der Waals surface area contributed by atoms with Crippen molar-refractivity contribution in [3.8, 4) is 11.4 Å². The third-order valence-corrected chi connectivity index (χ3v) is 3.60. The SMILES string of the molecule is CCn1ncnc1C(C)NC(=O)c1ccccc1-c1ncc[nH]1. The van der Waals surface area contributed by atoms with Gasteiger partial charge in [0.1, 0.15) is 18.0 Å². The lowest BCUT2D eigenvalue weighted by molar-refractivity contribution is 0.0938. The predicted octanol–water partition coefficient (Wildman–Crippen LogP) is 2.18. The number of amides is 1. The number of aryl methyl sites for hydroxylation is 1. The summed E-state index contributed by atoms with van der Waals surface area (Å²) in [5.74, 6) is 1.23. The van der Waals surface area contributed by atoms with Crippen molar-refractivity contribution >= 4 is 5.91 Å². The largest absolute Gasteiger partial charge is 0.345 e. The number of nitrogens with zero attached hydrogens (tertiary/aromatic N) is 4. The van der Waals surface area contributed by atoms with Gasteiger partial charge in [-0.2, -0.15) is 5.10 Å². The Morgan fingerprint density at radius 2 is 2.17 bits per heavy atom. The number of aromatic amines is 1. The summed E-state index contributed by atoms with van der Waals surface area (Å²) in [5, 5.41) is 7.10. The van der Waals surface area contributed by atoms with Crippen LogP contribution in [0, 0.1) is 0 Å². The molecule has 3 rings (SSSR count). The maximum Gasteiger partial charge on any atom is 0.252 e. The Morgan fingerprint density at radius 1 is 1.35 bits per heavy atom. The van der Waals surface area contributed by atoms with Gasteiger partial charge in [-0.25, -0.2) is 14.6 Å². The van der Waals surface area contributed by atoms with Crippen LogP contribution in [-0.2, 0) is 6.54 Å². The normalized spacial score (nSPS) is 12.1. The quantitative estimate of drug-likeness (QED) is 0.756. The van der Waals surface area contributed by atoms with Gasteiger partial charge < -0.3 is 10.3 Å². The van der Waals surface area contributed by atoms with Crippen molar-refractivity contribution in [1.29, 1.82) is 0 Å². The molecule has 0 fully saturated rings. The molecule has 0 bridgehead atoms. The molecule has 2 N–H and O–H groups in total. The van der Waals surface area contributed by atoms with Crippen LogP contribution in [0.2, 0.25) is 0 Å². The molecule has 23 heavy (non-hydrogen) atoms. The van der Waals surface area contributed by atoms with Crippen LogP contribution >= 0.6 is 0 Å². The molecule has 0 aliphatic carbocycles. The van der Waals surface area contributed by atoms with Crippen LogP contribution in [0.5, 0.6) is 0 Å². The van der Waals surface area contributed by atoms with Crippen molar-refractivity contribution in [2.24, 2.45) is 0 Å². The van der Waals surface area contributed by atoms with E-state index in [1.807, 2.05) is 32.0 Å². The Balaban J connectivity index is 1.84. The standard InChI is InChI=1S/C16H18N6O/c1-3-22-15(19-10-20-22)11(2)21-16(23)13-7-5-4-6-12(13)14-17-8-9-18-14/h4-11H,3H2,1-2H3,(H,17,18)(H,21,23). The molecular weight excluding hydrogens is 292 g/mol. The Morgan fingerprint density at radius 3 is 2.91 bits per heavy atom. The van der Waals surface area contributed by atoms with Gasteiger partial charge in [0, 0.05) is 24.5 Å². The predicted molar refractivity (Wildman–Crippen MR) is 85.6 cm³/mol. The van der Waals surface area contributed by atoms with Crippen LogP contribution < -0.4 is 5.32 Å². The number of rotatable bonds is 5. The zero-order chi connectivity index (χ0) is 16.2. The monoisotopic (exact) mass is 310 g/mol. The molecule has 0 saturated heterocycles. The Kier molecular flexibility index (Phi) is 4.18. The molecule has 7 heteroatoms. The van der Waals surface area contributed by atoms with Gasteiger partial charge in [-0.15, -0.1) is 0 Å². The molecule has 1 aromatic carbocycles. The average Bonchev–Trinajstić information content (AvgIpc) is 3.25. The first kappa shape index (κ1) is 15.0. The Hall–Kier alpha value is -2.96. The molecule has 2 aromatic heterocycles. The summed E-state index contributed by atoms with van der Waals surface area (Å²) in [7, 11) is 0. The summed E-state index contributed by atoms with van der Waals surface area (Å²) in [6.45, 7) is 4.58. The van der Waals surface area contributed by atoms with Gasteiger partial charge in [0.2, 0.25) is 0 Å². The third-order valence-electron chi connectivity index (χ3n) is 3.60. The van der Waals surface area contributed by atoms with Crippen molar-refractivity contribution in [2.45, 2.75) is 26.4 Å². The number of carbonyl (C=O) groups is 1. The second-order valence-corrected chi connectivity index (χ2v) is 5.11. The number of nitrogens with one attached hydrogen (secondary N) is 2. The van der Waals surface area contributed by atoms with Crippen molar-refractivity contribution < 1.29 is 4.79 Å². The van der Waals surface area contributed by atoms with Crippen LogP contribution in [-0.4, -0.2) is 30.6 Å². The zero-order valence-electron chi connectivity index (χ0n) is 13.0. The van der Waals surface area contributed by atoms with E-state index in [0.717, 1.165) is 11.4 Å². The molecule has 0 aliphatic rings. The van der Waals surface area contributed by atoms with Gasteiger partial charge in [0.05, 0.1) is 11.6 Å². The molecule has 0 spiro atoms. The lowest BCUT2D eigenvalue weighted by atomic mass is 10.1. The molecule has 0 aliphatic heterocycles. The van der Waals surface area contributed by atoms with E-state index in [0.29, 0.717) is 17.9 Å². The Bertz CT molecular complexity index is 793. The highest BCUT2D eigenvalue weighted by atomic mass is 16.1. The van der Waals surface area contributed by atoms with E-state index in [9.17, 15) is 4.79 Å². The second kappa shape index (κ2) is 6.43. The number of hydrogen-bond acceptors (Lipinski definition) is 4. The molecule has 1 unspecified atom stereocenters. The summed E-state index contributed by atoms with van der Waals surface area (Å²) in [6, 6.07) is 7.12. The van der Waals surface area contributed by atoms with Gasteiger partial charge in [0.25, 0.3) is 5.91 Å². The minimum Gasteiger partial charge on any atom is -0.345 e. The number of benzene rings is 1. The van der Waals surface area contributed by atoms with Crippen LogP contribution in [0.3, 0.4) is 0 Å². The van der Waals surface area contributed by atoms with Crippen LogP contribution in [0.1, 0.15) is 36.1 Å². The highest BCUT2D eigenvalue weighted by molar-refractivity contribution is 6.00. The van der Waals surface area contributed by atoms with Crippen molar-refractivity contribution in [1.82, 2.24) is 30.0 Å². The molecular formula is C16H18N6O. The average molecular weight is 310 g/mol. The summed E-state index contributed by atoms with van der Waals surface area (Å²) in [6.07, 6.45) is 4.89. The number of aromatic nitrogens is 5. The molecule has 1 amide bonds. The minimum absolute atomic E-state index is 0.171. The topological polar surface area (TPSA) is 88.5 Å². The van der Waals surface area contributed by atoms with Gasteiger partial charge >= 0.3 is 0 Å². The number of hydrogen-bond donors (Lipinski definition) is 2. The number of carbonyl (C=O) groups excluding carboxylic acids is 1. The molecule has 3 aromatic rings. The van der Waals surface area contributed by atoms with E-state index in [-0.39, 0.29) is 11.9 Å². The lowest BCUT2D eigenvalue weighted by Gasteiger charge is -2.15. The van der Waals surface area contributed by atoms with Gasteiger partial charge in [-0.05, 0) is 19.9 Å². The van der Waals surface area contributed by atoms with E-state index in [4.69, 9.17) is 0 Å². The van der Waals surface area contributed by atoms with Crippen LogP contribution in [0.4, 0.5) is 0 Å². The van der Waals surface area contributed by atoms with E-state index >= 15 is 0 Å². The summed E-state index contributed by atoms with van der Waals surface area (Å²) in [4.78, 5) is 24.1. The Labute approximate surface area is 133 Å². The van der Waals surface area contributed by atoms with Crippen molar-refractivity contribution in [2.75, 3.05) is 0 Å². The molecule has 2 heterocycles. The van der Waals surface area contributed by atoms with Crippen molar-refractivity contribution in [3.05, 3.63) is 54.4 Å². The molecule has 1 atom stereocenters. The maximum atomic E-state index is 12.7. The summed E-state index contributed by atoms with van der Waals surface area (Å²) in [5.41, 5.74) is 1.33. The van der Waals surface area contributed by atoms with Crippen molar-refractivity contribution in [3.63, 3.8) is 0 Å². The number of H-pyrrole nitrogens is 1. The summed E-state index contributed by atoms with van der Waals surface area (Å²) >= 11 is 0. The maximum absolute atomic E-state index is 12.7. The van der Waals surface area contributed by atoms with E-state index < -0.39 is 0 Å². The van der Waals surface area contributed by atoms with Gasteiger partial charge in [0.15, 0.2) is 0 Å². The third kappa shape index (κ3) is 2.98. The highest BCUT2D eigenvalue weighted by Gasteiger charge is 2.19. The minimum atomic E-state index is -0.241. The lowest BCUT2D eigenvalue weighted by Crippen LogP contribution is -2.29. The smallest absolute Gasteiger partial charge is 0.252 e.